The van der Waals surface area contributed by atoms with E-state index in [9.17, 15) is 4.79 Å². The monoisotopic (exact) mass is 295 g/mol. The van der Waals surface area contributed by atoms with Crippen molar-refractivity contribution >= 4 is 17.5 Å². The van der Waals surface area contributed by atoms with Crippen molar-refractivity contribution in [1.29, 1.82) is 0 Å². The van der Waals surface area contributed by atoms with E-state index >= 15 is 0 Å². The molecule has 0 radical (unpaired) electrons. The lowest BCUT2D eigenvalue weighted by Crippen LogP contribution is -2.30. The standard InChI is InChI=1S/C16H22ClNO2/c1-12(8-13-2-4-15(17)5-3-13)9-16(20)18-7-6-14(10-18)11-19/h2-5,12,14,19H,6-11H2,1H3. The Balaban J connectivity index is 1.80. The molecule has 0 aliphatic carbocycles. The molecule has 1 amide bonds. The highest BCUT2D eigenvalue weighted by Gasteiger charge is 2.26. The molecule has 20 heavy (non-hydrogen) atoms. The average Bonchev–Trinajstić information content (AvgIpc) is 2.90. The molecule has 1 aliphatic heterocycles. The van der Waals surface area contributed by atoms with Crippen LogP contribution < -0.4 is 0 Å². The number of likely N-dealkylation sites (tertiary alicyclic amines) is 1. The van der Waals surface area contributed by atoms with Crippen molar-refractivity contribution in [2.75, 3.05) is 19.7 Å². The van der Waals surface area contributed by atoms with Gasteiger partial charge in [0.2, 0.25) is 5.91 Å². The first-order valence-electron chi connectivity index (χ1n) is 7.21. The van der Waals surface area contributed by atoms with Crippen LogP contribution in [0.2, 0.25) is 5.02 Å². The molecule has 0 aromatic heterocycles. The van der Waals surface area contributed by atoms with E-state index in [0.717, 1.165) is 24.4 Å². The fourth-order valence-electron chi connectivity index (χ4n) is 2.73. The van der Waals surface area contributed by atoms with E-state index in [1.807, 2.05) is 29.2 Å². The number of carbonyl (C=O) groups is 1. The molecule has 1 N–H and O–H groups in total. The fourth-order valence-corrected chi connectivity index (χ4v) is 2.86. The quantitative estimate of drug-likeness (QED) is 0.907. The van der Waals surface area contributed by atoms with Crippen molar-refractivity contribution in [3.05, 3.63) is 34.9 Å². The van der Waals surface area contributed by atoms with Crippen LogP contribution in [0.5, 0.6) is 0 Å². The first-order valence-corrected chi connectivity index (χ1v) is 7.59. The molecule has 1 fully saturated rings. The lowest BCUT2D eigenvalue weighted by molar-refractivity contribution is -0.131. The number of rotatable bonds is 5. The summed E-state index contributed by atoms with van der Waals surface area (Å²) >= 11 is 5.86. The Bertz CT molecular complexity index is 446. The van der Waals surface area contributed by atoms with Gasteiger partial charge in [0.15, 0.2) is 0 Å². The number of hydrogen-bond donors (Lipinski definition) is 1. The molecule has 1 aromatic carbocycles. The minimum atomic E-state index is 0.185. The largest absolute Gasteiger partial charge is 0.396 e. The summed E-state index contributed by atoms with van der Waals surface area (Å²) in [6.07, 6.45) is 2.38. The molecule has 1 aliphatic rings. The highest BCUT2D eigenvalue weighted by Crippen LogP contribution is 2.20. The smallest absolute Gasteiger partial charge is 0.222 e. The summed E-state index contributed by atoms with van der Waals surface area (Å²) < 4.78 is 0. The van der Waals surface area contributed by atoms with Crippen molar-refractivity contribution in [3.63, 3.8) is 0 Å². The number of nitrogens with zero attached hydrogens (tertiary/aromatic N) is 1. The minimum Gasteiger partial charge on any atom is -0.396 e. The number of amides is 1. The number of carbonyl (C=O) groups excluding carboxylic acids is 1. The zero-order chi connectivity index (χ0) is 14.5. The Morgan fingerprint density at radius 2 is 2.15 bits per heavy atom. The van der Waals surface area contributed by atoms with Crippen molar-refractivity contribution in [2.24, 2.45) is 11.8 Å². The number of halogens is 1. The van der Waals surface area contributed by atoms with E-state index in [-0.39, 0.29) is 18.4 Å². The van der Waals surface area contributed by atoms with Gasteiger partial charge < -0.3 is 10.0 Å². The molecule has 2 atom stereocenters. The van der Waals surface area contributed by atoms with Crippen LogP contribution in [-0.2, 0) is 11.2 Å². The summed E-state index contributed by atoms with van der Waals surface area (Å²) in [5, 5.41) is 9.86. The Morgan fingerprint density at radius 3 is 2.75 bits per heavy atom. The number of benzene rings is 1. The Labute approximate surface area is 125 Å². The second-order valence-corrected chi connectivity index (χ2v) is 6.25. The van der Waals surface area contributed by atoms with Crippen molar-refractivity contribution < 1.29 is 9.90 Å². The van der Waals surface area contributed by atoms with Crippen molar-refractivity contribution in [1.82, 2.24) is 4.90 Å². The maximum atomic E-state index is 12.2. The van der Waals surface area contributed by atoms with Gasteiger partial charge >= 0.3 is 0 Å². The van der Waals surface area contributed by atoms with E-state index in [0.29, 0.717) is 18.9 Å². The minimum absolute atomic E-state index is 0.185. The summed E-state index contributed by atoms with van der Waals surface area (Å²) in [5.74, 6) is 0.796. The van der Waals surface area contributed by atoms with Crippen LogP contribution in [0, 0.1) is 11.8 Å². The van der Waals surface area contributed by atoms with Crippen LogP contribution in [0.3, 0.4) is 0 Å². The normalized spacial score (nSPS) is 20.1. The second kappa shape index (κ2) is 7.09. The molecule has 2 unspecified atom stereocenters. The summed E-state index contributed by atoms with van der Waals surface area (Å²) in [7, 11) is 0. The molecular weight excluding hydrogens is 274 g/mol. The molecule has 1 saturated heterocycles. The molecule has 4 heteroatoms. The van der Waals surface area contributed by atoms with E-state index in [1.165, 1.54) is 5.56 Å². The van der Waals surface area contributed by atoms with Crippen molar-refractivity contribution in [3.8, 4) is 0 Å². The van der Waals surface area contributed by atoms with Crippen LogP contribution in [0.25, 0.3) is 0 Å². The van der Waals surface area contributed by atoms with Gasteiger partial charge in [0, 0.05) is 37.1 Å². The van der Waals surface area contributed by atoms with E-state index in [4.69, 9.17) is 16.7 Å². The Morgan fingerprint density at radius 1 is 1.45 bits per heavy atom. The third-order valence-corrected chi connectivity index (χ3v) is 4.17. The molecule has 3 nitrogen and oxygen atoms in total. The van der Waals surface area contributed by atoms with Crippen molar-refractivity contribution in [2.45, 2.75) is 26.2 Å². The van der Waals surface area contributed by atoms with Crippen LogP contribution in [0.1, 0.15) is 25.3 Å². The van der Waals surface area contributed by atoms with E-state index in [2.05, 4.69) is 6.92 Å². The molecule has 0 spiro atoms. The molecule has 0 bridgehead atoms. The van der Waals surface area contributed by atoms with Gasteiger partial charge in [-0.15, -0.1) is 0 Å². The molecular formula is C16H22ClNO2. The second-order valence-electron chi connectivity index (χ2n) is 5.82. The third-order valence-electron chi connectivity index (χ3n) is 3.92. The lowest BCUT2D eigenvalue weighted by Gasteiger charge is -2.19. The Kier molecular flexibility index (Phi) is 5.44. The van der Waals surface area contributed by atoms with E-state index in [1.54, 1.807) is 0 Å². The van der Waals surface area contributed by atoms with Crippen LogP contribution in [0.15, 0.2) is 24.3 Å². The highest BCUT2D eigenvalue weighted by atomic mass is 35.5. The zero-order valence-electron chi connectivity index (χ0n) is 11.9. The summed E-state index contributed by atoms with van der Waals surface area (Å²) in [4.78, 5) is 14.1. The van der Waals surface area contributed by atoms with Gasteiger partial charge in [-0.1, -0.05) is 30.7 Å². The Hall–Kier alpha value is -1.06. The SMILES string of the molecule is CC(CC(=O)N1CCC(CO)C1)Cc1ccc(Cl)cc1. The van der Waals surface area contributed by atoms with Gasteiger partial charge in [0.25, 0.3) is 0 Å². The molecule has 0 saturated carbocycles. The first kappa shape index (κ1) is 15.3. The molecule has 110 valence electrons. The number of aliphatic hydroxyl groups excluding tert-OH is 1. The van der Waals surface area contributed by atoms with Crippen LogP contribution >= 0.6 is 11.6 Å². The summed E-state index contributed by atoms with van der Waals surface area (Å²) in [5.41, 5.74) is 1.21. The number of hydrogen-bond acceptors (Lipinski definition) is 2. The fraction of sp³-hybridized carbons (Fsp3) is 0.562. The predicted molar refractivity (Wildman–Crippen MR) is 80.7 cm³/mol. The van der Waals surface area contributed by atoms with Crippen LogP contribution in [0.4, 0.5) is 0 Å². The van der Waals surface area contributed by atoms with Gasteiger partial charge in [0.05, 0.1) is 0 Å². The highest BCUT2D eigenvalue weighted by molar-refractivity contribution is 6.30. The zero-order valence-corrected chi connectivity index (χ0v) is 12.6. The van der Waals surface area contributed by atoms with Gasteiger partial charge in [0.1, 0.15) is 0 Å². The lowest BCUT2D eigenvalue weighted by atomic mass is 9.97. The molecule has 1 heterocycles. The molecule has 2 rings (SSSR count). The van der Waals surface area contributed by atoms with Gasteiger partial charge in [-0.25, -0.2) is 0 Å². The maximum Gasteiger partial charge on any atom is 0.222 e. The van der Waals surface area contributed by atoms with Gasteiger partial charge in [-0.05, 0) is 36.5 Å². The average molecular weight is 296 g/mol. The third kappa shape index (κ3) is 4.22. The predicted octanol–water partition coefficient (Wildman–Crippen LogP) is 2.75. The number of aliphatic hydroxyl groups is 1. The first-order chi connectivity index (χ1) is 9.58. The summed E-state index contributed by atoms with van der Waals surface area (Å²) in [6.45, 7) is 3.79. The topological polar surface area (TPSA) is 40.5 Å². The maximum absolute atomic E-state index is 12.2. The summed E-state index contributed by atoms with van der Waals surface area (Å²) in [6, 6.07) is 7.80. The molecule has 1 aromatic rings. The van der Waals surface area contributed by atoms with Crippen LogP contribution in [-0.4, -0.2) is 35.6 Å². The van der Waals surface area contributed by atoms with Gasteiger partial charge in [-0.2, -0.15) is 0 Å². The van der Waals surface area contributed by atoms with E-state index < -0.39 is 0 Å². The van der Waals surface area contributed by atoms with Gasteiger partial charge in [-0.3, -0.25) is 4.79 Å².